The zero-order chi connectivity index (χ0) is 26.8. The van der Waals surface area contributed by atoms with Gasteiger partial charge in [0.2, 0.25) is 0 Å². The molecular formula is C24H22ClFN8O3S. The Morgan fingerprint density at radius 2 is 2.08 bits per heavy atom. The second kappa shape index (κ2) is 10.9. The van der Waals surface area contributed by atoms with E-state index in [4.69, 9.17) is 16.1 Å². The van der Waals surface area contributed by atoms with Gasteiger partial charge in [0, 0.05) is 43.3 Å². The van der Waals surface area contributed by atoms with Crippen LogP contribution in [0, 0.1) is 17.1 Å². The number of carbonyl (C=O) groups is 1. The van der Waals surface area contributed by atoms with E-state index in [2.05, 4.69) is 20.5 Å². The molecule has 5 heterocycles. The summed E-state index contributed by atoms with van der Waals surface area (Å²) in [7, 11) is 2.02. The molecule has 0 spiro atoms. The highest BCUT2D eigenvalue weighted by Gasteiger charge is 2.27. The van der Waals surface area contributed by atoms with Crippen molar-refractivity contribution >= 4 is 34.7 Å². The van der Waals surface area contributed by atoms with Gasteiger partial charge in [-0.2, -0.15) is 15.0 Å². The van der Waals surface area contributed by atoms with Gasteiger partial charge in [-0.05, 0) is 25.2 Å². The molecule has 0 atom stereocenters. The van der Waals surface area contributed by atoms with Crippen LogP contribution in [0.5, 0.6) is 0 Å². The van der Waals surface area contributed by atoms with Gasteiger partial charge in [0.15, 0.2) is 11.5 Å². The van der Waals surface area contributed by atoms with Crippen molar-refractivity contribution in [3.8, 4) is 17.3 Å². The number of hydrogen-bond donors (Lipinski definition) is 1. The molecule has 0 unspecified atom stereocenters. The molecule has 11 nitrogen and oxygen atoms in total. The van der Waals surface area contributed by atoms with Crippen LogP contribution in [-0.2, 0) is 13.2 Å². The molecule has 0 aliphatic carbocycles. The Labute approximate surface area is 225 Å². The second-order valence-corrected chi connectivity index (χ2v) is 10.6. The van der Waals surface area contributed by atoms with E-state index >= 15 is 0 Å². The zero-order valence-electron chi connectivity index (χ0n) is 20.2. The van der Waals surface area contributed by atoms with Gasteiger partial charge < -0.3 is 14.7 Å². The van der Waals surface area contributed by atoms with Crippen LogP contribution in [0.3, 0.4) is 0 Å². The summed E-state index contributed by atoms with van der Waals surface area (Å²) < 4.78 is 22.4. The molecule has 38 heavy (non-hydrogen) atoms. The summed E-state index contributed by atoms with van der Waals surface area (Å²) in [6.45, 7) is 3.51. The largest absolute Gasteiger partial charge is 0.364 e. The Balaban J connectivity index is 1.57. The Morgan fingerprint density at radius 1 is 1.29 bits per heavy atom. The van der Waals surface area contributed by atoms with Crippen LogP contribution in [0.25, 0.3) is 11.3 Å². The van der Waals surface area contributed by atoms with Crippen LogP contribution in [0.4, 0.5) is 10.2 Å². The average Bonchev–Trinajstić information content (AvgIpc) is 3.65. The molecule has 0 bridgehead atoms. The first-order valence-electron chi connectivity index (χ1n) is 11.6. The number of rotatable bonds is 7. The number of aromatic nitrogens is 4. The Morgan fingerprint density at radius 3 is 2.74 bits per heavy atom. The number of nitriles is 1. The summed E-state index contributed by atoms with van der Waals surface area (Å²) in [5.74, 6) is -1.32. The molecule has 1 fully saturated rings. The summed E-state index contributed by atoms with van der Waals surface area (Å²) >= 11 is 7.35. The maximum absolute atomic E-state index is 14.8. The van der Waals surface area contributed by atoms with Crippen molar-refractivity contribution in [2.24, 2.45) is 0 Å². The quantitative estimate of drug-likeness (QED) is 0.365. The molecule has 1 aliphatic rings. The van der Waals surface area contributed by atoms with E-state index in [0.29, 0.717) is 4.34 Å². The number of piperazine rings is 1. The van der Waals surface area contributed by atoms with Crippen molar-refractivity contribution in [1.82, 2.24) is 29.3 Å². The van der Waals surface area contributed by atoms with Crippen molar-refractivity contribution in [2.45, 2.75) is 13.2 Å². The lowest BCUT2D eigenvalue weighted by Crippen LogP contribution is -2.46. The number of anilines is 1. The van der Waals surface area contributed by atoms with E-state index in [1.54, 1.807) is 12.1 Å². The zero-order valence-corrected chi connectivity index (χ0v) is 21.8. The molecule has 4 aromatic rings. The molecule has 0 amide bonds. The first-order valence-corrected chi connectivity index (χ1v) is 12.8. The molecule has 14 heteroatoms. The summed E-state index contributed by atoms with van der Waals surface area (Å²) in [4.78, 5) is 31.7. The van der Waals surface area contributed by atoms with Crippen LogP contribution in [0.15, 0.2) is 46.0 Å². The van der Waals surface area contributed by atoms with Gasteiger partial charge >= 0.3 is 5.91 Å². The van der Waals surface area contributed by atoms with Crippen molar-refractivity contribution in [3.63, 3.8) is 0 Å². The fraction of sp³-hybridized carbons (Fsp3) is 0.292. The smallest absolute Gasteiger partial charge is 0.302 e. The van der Waals surface area contributed by atoms with Crippen LogP contribution < -0.4 is 10.9 Å². The maximum Gasteiger partial charge on any atom is 0.302 e. The monoisotopic (exact) mass is 556 g/mol. The van der Waals surface area contributed by atoms with Crippen LogP contribution in [0.1, 0.15) is 20.9 Å². The molecule has 0 radical (unpaired) electrons. The highest BCUT2D eigenvalue weighted by molar-refractivity contribution is 7.16. The van der Waals surface area contributed by atoms with E-state index < -0.39 is 17.3 Å². The summed E-state index contributed by atoms with van der Waals surface area (Å²) in [6.07, 6.45) is 2.36. The maximum atomic E-state index is 14.8. The van der Waals surface area contributed by atoms with Gasteiger partial charge in [0.25, 0.3) is 5.56 Å². The molecule has 196 valence electrons. The topological polar surface area (TPSA) is 125 Å². The molecule has 0 saturated carbocycles. The van der Waals surface area contributed by atoms with Crippen molar-refractivity contribution < 1.29 is 13.7 Å². The number of carbonyl (C=O) groups excluding carboxylic acids is 1. The van der Waals surface area contributed by atoms with Gasteiger partial charge in [-0.1, -0.05) is 16.8 Å². The van der Waals surface area contributed by atoms with E-state index in [-0.39, 0.29) is 41.5 Å². The third kappa shape index (κ3) is 5.25. The predicted octanol–water partition coefficient (Wildman–Crippen LogP) is 2.93. The molecule has 1 N–H and O–H groups in total. The number of halogens is 2. The van der Waals surface area contributed by atoms with Crippen LogP contribution in [0.2, 0.25) is 4.34 Å². The number of likely N-dealkylation sites (N-methyl/N-ethyl adjacent to an activating group) is 1. The summed E-state index contributed by atoms with van der Waals surface area (Å²) in [6, 6.07) is 7.94. The second-order valence-electron chi connectivity index (χ2n) is 8.75. The van der Waals surface area contributed by atoms with Crippen molar-refractivity contribution in [2.75, 3.05) is 38.5 Å². The third-order valence-corrected chi connectivity index (χ3v) is 7.39. The molecule has 4 aromatic heterocycles. The average molecular weight is 557 g/mol. The normalized spacial score (nSPS) is 14.5. The molecular weight excluding hydrogens is 535 g/mol. The van der Waals surface area contributed by atoms with Gasteiger partial charge in [0.1, 0.15) is 29.4 Å². The highest BCUT2D eigenvalue weighted by Crippen LogP contribution is 2.29. The van der Waals surface area contributed by atoms with Crippen molar-refractivity contribution in [1.29, 1.82) is 5.26 Å². The molecule has 1 aliphatic heterocycles. The highest BCUT2D eigenvalue weighted by atomic mass is 35.5. The fourth-order valence-corrected chi connectivity index (χ4v) is 5.18. The van der Waals surface area contributed by atoms with Gasteiger partial charge in [-0.15, -0.1) is 11.3 Å². The molecule has 5 rings (SSSR count). The first-order chi connectivity index (χ1) is 18.3. The minimum Gasteiger partial charge on any atom is -0.364 e. The minimum absolute atomic E-state index is 0.0364. The lowest BCUT2D eigenvalue weighted by atomic mass is 10.1. The van der Waals surface area contributed by atoms with E-state index in [9.17, 15) is 19.2 Å². The Kier molecular flexibility index (Phi) is 7.39. The summed E-state index contributed by atoms with van der Waals surface area (Å²) in [5, 5.41) is 21.1. The fourth-order valence-electron chi connectivity index (χ4n) is 4.15. The third-order valence-electron chi connectivity index (χ3n) is 6.16. The number of nitrogens with zero attached hydrogens (tertiary/aromatic N) is 7. The number of nitrogens with one attached hydrogen (secondary N) is 1. The predicted molar refractivity (Wildman–Crippen MR) is 139 cm³/mol. The number of thiophene rings is 1. The first kappa shape index (κ1) is 25.8. The lowest BCUT2D eigenvalue weighted by Gasteiger charge is -2.32. The van der Waals surface area contributed by atoms with E-state index in [1.165, 1.54) is 28.2 Å². The van der Waals surface area contributed by atoms with Crippen LogP contribution in [-0.4, -0.2) is 68.4 Å². The van der Waals surface area contributed by atoms with Crippen molar-refractivity contribution in [3.05, 3.63) is 73.4 Å². The SMILES string of the molecule is CN1CCN(Cn2cc(F)cc(-c3nn(C(=O)c4ccon4)c(NCc4ccc(Cl)s4)c3C#N)c2=O)CC1. The lowest BCUT2D eigenvalue weighted by molar-refractivity contribution is 0.0938. The van der Waals surface area contributed by atoms with E-state index in [0.717, 1.165) is 48.0 Å². The van der Waals surface area contributed by atoms with Gasteiger partial charge in [-0.3, -0.25) is 19.1 Å². The summed E-state index contributed by atoms with van der Waals surface area (Å²) in [5.41, 5.74) is -0.926. The van der Waals surface area contributed by atoms with E-state index in [1.807, 2.05) is 18.0 Å². The number of pyridine rings is 1. The Bertz CT molecular complexity index is 1560. The van der Waals surface area contributed by atoms with Crippen LogP contribution >= 0.6 is 22.9 Å². The minimum atomic E-state index is -0.692. The number of hydrogen-bond acceptors (Lipinski definition) is 10. The Hall–Kier alpha value is -3.83. The molecule has 1 saturated heterocycles. The molecule has 0 aromatic carbocycles. The van der Waals surface area contributed by atoms with Gasteiger partial charge in [-0.25, -0.2) is 4.39 Å². The standard InChI is InChI=1S/C24H22ClFN8O3S/c1-31-5-7-32(8-6-31)14-33-13-15(26)10-17(23(33)35)21-18(11-27)22(28-12-16-2-3-20(25)38-16)34(29-21)24(36)19-4-9-37-30-19/h2-4,9-10,13,28H,5-8,12,14H2,1H3. The van der Waals surface area contributed by atoms with Gasteiger partial charge in [0.05, 0.1) is 23.1 Å².